The maximum Gasteiger partial charge on any atom is 0.275 e. The number of nitro groups is 1. The maximum absolute atomic E-state index is 10.9. The lowest BCUT2D eigenvalue weighted by atomic mass is 10.0. The van der Waals surface area contributed by atoms with Crippen molar-refractivity contribution in [1.82, 2.24) is 5.32 Å². The molecule has 4 nitrogen and oxygen atoms in total. The number of nitrogens with zero attached hydrogens (tertiary/aromatic N) is 1. The maximum atomic E-state index is 10.9. The van der Waals surface area contributed by atoms with Gasteiger partial charge in [0.15, 0.2) is 0 Å². The molecule has 5 heteroatoms. The van der Waals surface area contributed by atoms with Crippen LogP contribution < -0.4 is 5.32 Å². The minimum absolute atomic E-state index is 0.168. The summed E-state index contributed by atoms with van der Waals surface area (Å²) >= 11 is 3.25. The zero-order valence-corrected chi connectivity index (χ0v) is 12.4. The molecule has 18 heavy (non-hydrogen) atoms. The van der Waals surface area contributed by atoms with Gasteiger partial charge in [-0.25, -0.2) is 0 Å². The molecule has 1 aromatic rings. The standard InChI is InChI=1S/C13H19BrN2O2/c1-3-10(4-2)8-15-9-11-5-6-12(14)7-13(11)16(17)18/h5-7,10,15H,3-4,8-9H2,1-2H3. The quantitative estimate of drug-likeness (QED) is 0.613. The summed E-state index contributed by atoms with van der Waals surface area (Å²) in [5.74, 6) is 0.638. The van der Waals surface area contributed by atoms with Crippen molar-refractivity contribution in [1.29, 1.82) is 0 Å². The van der Waals surface area contributed by atoms with Gasteiger partial charge < -0.3 is 5.32 Å². The Hall–Kier alpha value is -0.940. The molecule has 0 atom stereocenters. The topological polar surface area (TPSA) is 55.2 Å². The second-order valence-electron chi connectivity index (χ2n) is 4.34. The molecule has 100 valence electrons. The van der Waals surface area contributed by atoms with Gasteiger partial charge >= 0.3 is 0 Å². The number of halogens is 1. The molecule has 0 saturated carbocycles. The van der Waals surface area contributed by atoms with E-state index >= 15 is 0 Å². The highest BCUT2D eigenvalue weighted by molar-refractivity contribution is 9.10. The van der Waals surface area contributed by atoms with Crippen molar-refractivity contribution < 1.29 is 4.92 Å². The Balaban J connectivity index is 2.64. The van der Waals surface area contributed by atoms with Crippen LogP contribution in [0.1, 0.15) is 32.3 Å². The van der Waals surface area contributed by atoms with Crippen molar-refractivity contribution in [2.45, 2.75) is 33.2 Å². The Kier molecular flexibility index (Phi) is 6.29. The molecule has 0 spiro atoms. The fourth-order valence-electron chi connectivity index (χ4n) is 1.84. The zero-order chi connectivity index (χ0) is 13.5. The van der Waals surface area contributed by atoms with Crippen LogP contribution in [-0.4, -0.2) is 11.5 Å². The smallest absolute Gasteiger partial charge is 0.275 e. The molecule has 0 radical (unpaired) electrons. The molecule has 0 aliphatic heterocycles. The Bertz CT molecular complexity index is 406. The normalized spacial score (nSPS) is 10.9. The molecule has 0 unspecified atom stereocenters. The SMILES string of the molecule is CCC(CC)CNCc1ccc(Br)cc1[N+](=O)[O-]. The predicted octanol–water partition coefficient (Wildman–Crippen LogP) is 3.88. The summed E-state index contributed by atoms with van der Waals surface area (Å²) < 4.78 is 0.734. The van der Waals surface area contributed by atoms with Crippen LogP contribution in [0.2, 0.25) is 0 Å². The van der Waals surface area contributed by atoms with Crippen molar-refractivity contribution in [3.63, 3.8) is 0 Å². The fourth-order valence-corrected chi connectivity index (χ4v) is 2.19. The summed E-state index contributed by atoms with van der Waals surface area (Å²) in [4.78, 5) is 10.6. The van der Waals surface area contributed by atoms with Crippen molar-refractivity contribution >= 4 is 21.6 Å². The minimum atomic E-state index is -0.334. The van der Waals surface area contributed by atoms with Crippen LogP contribution in [0.4, 0.5) is 5.69 Å². The van der Waals surface area contributed by atoms with Gasteiger partial charge in [-0.15, -0.1) is 0 Å². The fraction of sp³-hybridized carbons (Fsp3) is 0.538. The van der Waals surface area contributed by atoms with Crippen molar-refractivity contribution in [3.05, 3.63) is 38.3 Å². The summed E-state index contributed by atoms with van der Waals surface area (Å²) in [6.07, 6.45) is 2.26. The van der Waals surface area contributed by atoms with Crippen LogP contribution in [0.3, 0.4) is 0 Å². The van der Waals surface area contributed by atoms with E-state index in [1.54, 1.807) is 12.1 Å². The average Bonchev–Trinajstić information content (AvgIpc) is 2.36. The molecular formula is C13H19BrN2O2. The van der Waals surface area contributed by atoms with E-state index in [1.165, 1.54) is 0 Å². The van der Waals surface area contributed by atoms with E-state index in [4.69, 9.17) is 0 Å². The van der Waals surface area contributed by atoms with Gasteiger partial charge in [0.1, 0.15) is 0 Å². The Morgan fingerprint density at radius 1 is 1.39 bits per heavy atom. The molecule has 1 aromatic carbocycles. The molecule has 1 N–H and O–H groups in total. The molecule has 0 amide bonds. The number of benzene rings is 1. The number of nitrogens with one attached hydrogen (secondary N) is 1. The van der Waals surface area contributed by atoms with E-state index in [-0.39, 0.29) is 10.6 Å². The van der Waals surface area contributed by atoms with Crippen LogP contribution in [-0.2, 0) is 6.54 Å². The summed E-state index contributed by atoms with van der Waals surface area (Å²) in [6, 6.07) is 5.18. The van der Waals surface area contributed by atoms with Gasteiger partial charge in [0, 0.05) is 22.6 Å². The molecule has 0 aliphatic rings. The van der Waals surface area contributed by atoms with Gasteiger partial charge in [-0.2, -0.15) is 0 Å². The van der Waals surface area contributed by atoms with Crippen molar-refractivity contribution in [2.24, 2.45) is 5.92 Å². The molecule has 1 rings (SSSR count). The first kappa shape index (κ1) is 15.1. The lowest BCUT2D eigenvalue weighted by Crippen LogP contribution is -2.22. The zero-order valence-electron chi connectivity index (χ0n) is 10.8. The van der Waals surface area contributed by atoms with E-state index in [1.807, 2.05) is 6.07 Å². The highest BCUT2D eigenvalue weighted by Crippen LogP contribution is 2.23. The highest BCUT2D eigenvalue weighted by Gasteiger charge is 2.13. The van der Waals surface area contributed by atoms with Crippen LogP contribution >= 0.6 is 15.9 Å². The predicted molar refractivity (Wildman–Crippen MR) is 76.6 cm³/mol. The van der Waals surface area contributed by atoms with E-state index in [9.17, 15) is 10.1 Å². The summed E-state index contributed by atoms with van der Waals surface area (Å²) in [5, 5.41) is 14.2. The third-order valence-corrected chi connectivity index (χ3v) is 3.64. The van der Waals surface area contributed by atoms with E-state index in [0.29, 0.717) is 12.5 Å². The second-order valence-corrected chi connectivity index (χ2v) is 5.26. The molecule has 0 aromatic heterocycles. The first-order valence-electron chi connectivity index (χ1n) is 6.22. The minimum Gasteiger partial charge on any atom is -0.312 e. The Morgan fingerprint density at radius 3 is 2.61 bits per heavy atom. The van der Waals surface area contributed by atoms with E-state index in [2.05, 4.69) is 35.1 Å². The second kappa shape index (κ2) is 7.48. The van der Waals surface area contributed by atoms with Crippen LogP contribution in [0, 0.1) is 16.0 Å². The molecule has 0 heterocycles. The monoisotopic (exact) mass is 314 g/mol. The van der Waals surface area contributed by atoms with E-state index in [0.717, 1.165) is 29.4 Å². The lowest BCUT2D eigenvalue weighted by molar-refractivity contribution is -0.385. The van der Waals surface area contributed by atoms with Gasteiger partial charge in [0.25, 0.3) is 5.69 Å². The largest absolute Gasteiger partial charge is 0.312 e. The molecule has 0 aliphatic carbocycles. The van der Waals surface area contributed by atoms with Crippen LogP contribution in [0.15, 0.2) is 22.7 Å². The van der Waals surface area contributed by atoms with Crippen LogP contribution in [0.5, 0.6) is 0 Å². The third-order valence-electron chi connectivity index (χ3n) is 3.15. The summed E-state index contributed by atoms with van der Waals surface area (Å²) in [5.41, 5.74) is 0.899. The summed E-state index contributed by atoms with van der Waals surface area (Å²) in [6.45, 7) is 5.77. The van der Waals surface area contributed by atoms with E-state index < -0.39 is 0 Å². The van der Waals surface area contributed by atoms with Crippen molar-refractivity contribution in [3.8, 4) is 0 Å². The van der Waals surface area contributed by atoms with Crippen molar-refractivity contribution in [2.75, 3.05) is 6.54 Å². The molecular weight excluding hydrogens is 296 g/mol. The van der Waals surface area contributed by atoms with Gasteiger partial charge in [-0.05, 0) is 24.6 Å². The molecule has 0 saturated heterocycles. The summed E-state index contributed by atoms with van der Waals surface area (Å²) in [7, 11) is 0. The first-order chi connectivity index (χ1) is 8.58. The number of hydrogen-bond acceptors (Lipinski definition) is 3. The Labute approximate surface area is 116 Å². The lowest BCUT2D eigenvalue weighted by Gasteiger charge is -2.13. The van der Waals surface area contributed by atoms with Gasteiger partial charge in [-0.1, -0.05) is 42.6 Å². The number of rotatable bonds is 7. The van der Waals surface area contributed by atoms with Gasteiger partial charge in [0.05, 0.1) is 4.92 Å². The molecule has 0 fully saturated rings. The highest BCUT2D eigenvalue weighted by atomic mass is 79.9. The van der Waals surface area contributed by atoms with Gasteiger partial charge in [-0.3, -0.25) is 10.1 Å². The van der Waals surface area contributed by atoms with Crippen LogP contribution in [0.25, 0.3) is 0 Å². The third kappa shape index (κ3) is 4.38. The Morgan fingerprint density at radius 2 is 2.06 bits per heavy atom. The van der Waals surface area contributed by atoms with Gasteiger partial charge in [0.2, 0.25) is 0 Å². The molecule has 0 bridgehead atoms. The number of nitro benzene ring substituents is 1. The first-order valence-corrected chi connectivity index (χ1v) is 7.01. The average molecular weight is 315 g/mol. The number of hydrogen-bond donors (Lipinski definition) is 1.